The fourth-order valence-corrected chi connectivity index (χ4v) is 9.63. The van der Waals surface area contributed by atoms with Crippen molar-refractivity contribution < 1.29 is 9.53 Å². The average molecular weight is 361 g/mol. The summed E-state index contributed by atoms with van der Waals surface area (Å²) in [6.45, 7) is 2.22. The largest absolute Gasteiger partial charge is 0.426 e. The fraction of sp³-hybridized carbons (Fsp3) is 0.650. The van der Waals surface area contributed by atoms with E-state index in [0.29, 0.717) is 21.8 Å². The number of carbonyl (C=O) groups excluding carboxylic acids is 1. The van der Waals surface area contributed by atoms with E-state index in [1.807, 2.05) is 12.1 Å². The number of rotatable bonds is 0. The summed E-state index contributed by atoms with van der Waals surface area (Å²) in [6.07, 6.45) is 6.21. The second-order valence-corrected chi connectivity index (χ2v) is 11.1. The Morgan fingerprint density at radius 1 is 1.08 bits per heavy atom. The Morgan fingerprint density at radius 2 is 1.79 bits per heavy atom. The maximum absolute atomic E-state index is 13.1. The molecule has 2 nitrogen and oxygen atoms in total. The highest BCUT2D eigenvalue weighted by atomic mass is 32.2. The van der Waals surface area contributed by atoms with Gasteiger partial charge in [0.15, 0.2) is 0 Å². The molecule has 4 atom stereocenters. The molecule has 2 aliphatic carbocycles. The molecule has 0 amide bonds. The third-order valence-electron chi connectivity index (χ3n) is 7.03. The van der Waals surface area contributed by atoms with E-state index in [1.54, 1.807) is 0 Å². The minimum absolute atomic E-state index is 0.0333. The first-order chi connectivity index (χ1) is 11.7. The van der Waals surface area contributed by atoms with Gasteiger partial charge in [-0.05, 0) is 49.7 Å². The second-order valence-electron chi connectivity index (χ2n) is 7.97. The summed E-state index contributed by atoms with van der Waals surface area (Å²) in [5.74, 6) is 4.83. The van der Waals surface area contributed by atoms with E-state index in [1.165, 1.54) is 42.8 Å². The minimum atomic E-state index is -0.339. The maximum atomic E-state index is 13.1. The van der Waals surface area contributed by atoms with Gasteiger partial charge in [0.25, 0.3) is 0 Å². The van der Waals surface area contributed by atoms with Crippen LogP contribution in [-0.2, 0) is 4.79 Å². The lowest BCUT2D eigenvalue weighted by atomic mass is 9.51. The Hall–Kier alpha value is -0.610. The molecular weight excluding hydrogens is 336 g/mol. The summed E-state index contributed by atoms with van der Waals surface area (Å²) >= 11 is 4.39. The molecule has 4 unspecified atom stereocenters. The van der Waals surface area contributed by atoms with Crippen LogP contribution in [0.3, 0.4) is 0 Å². The summed E-state index contributed by atoms with van der Waals surface area (Å²) in [4.78, 5) is 13.1. The quantitative estimate of drug-likeness (QED) is 0.476. The average Bonchev–Trinajstić information content (AvgIpc) is 3.08. The Labute approximate surface area is 152 Å². The molecule has 0 radical (unpaired) electrons. The fourth-order valence-electron chi connectivity index (χ4n) is 5.88. The molecule has 128 valence electrons. The Kier molecular flexibility index (Phi) is 3.54. The molecule has 1 saturated heterocycles. The molecule has 0 N–H and O–H groups in total. The molecule has 2 aliphatic heterocycles. The van der Waals surface area contributed by atoms with Gasteiger partial charge in [0, 0.05) is 17.4 Å². The highest BCUT2D eigenvalue weighted by molar-refractivity contribution is 8.21. The van der Waals surface area contributed by atoms with Crippen LogP contribution in [0.25, 0.3) is 0 Å². The molecule has 1 spiro atoms. The number of hydrogen-bond donors (Lipinski definition) is 0. The van der Waals surface area contributed by atoms with E-state index >= 15 is 0 Å². The third kappa shape index (κ3) is 1.96. The Morgan fingerprint density at radius 3 is 2.58 bits per heavy atom. The normalized spacial score (nSPS) is 39.7. The number of fused-ring (bicyclic) bond motifs is 6. The van der Waals surface area contributed by atoms with Crippen LogP contribution in [0.2, 0.25) is 0 Å². The van der Waals surface area contributed by atoms with Gasteiger partial charge in [-0.3, -0.25) is 4.79 Å². The van der Waals surface area contributed by atoms with Crippen molar-refractivity contribution >= 4 is 29.5 Å². The van der Waals surface area contributed by atoms with Crippen molar-refractivity contribution in [2.75, 3.05) is 11.5 Å². The maximum Gasteiger partial charge on any atom is 0.318 e. The number of esters is 1. The summed E-state index contributed by atoms with van der Waals surface area (Å²) in [6, 6.07) is 8.26. The summed E-state index contributed by atoms with van der Waals surface area (Å²) < 4.78 is 6.19. The van der Waals surface area contributed by atoms with Gasteiger partial charge < -0.3 is 4.74 Å². The molecule has 1 aromatic rings. The molecule has 0 aromatic heterocycles. The molecular formula is C20H24O2S2. The lowest BCUT2D eigenvalue weighted by molar-refractivity contribution is -0.159. The number of para-hydroxylation sites is 1. The monoisotopic (exact) mass is 360 g/mol. The Bertz CT molecular complexity index is 682. The first-order valence-electron chi connectivity index (χ1n) is 9.24. The topological polar surface area (TPSA) is 26.3 Å². The van der Waals surface area contributed by atoms with Gasteiger partial charge in [-0.25, -0.2) is 0 Å². The zero-order valence-corrected chi connectivity index (χ0v) is 15.8. The molecule has 2 heterocycles. The molecule has 0 bridgehead atoms. The molecule has 3 fully saturated rings. The van der Waals surface area contributed by atoms with Crippen LogP contribution in [0.4, 0.5) is 0 Å². The van der Waals surface area contributed by atoms with Crippen LogP contribution in [0.1, 0.15) is 50.5 Å². The molecule has 1 aromatic carbocycles. The van der Waals surface area contributed by atoms with Gasteiger partial charge in [0.2, 0.25) is 0 Å². The first kappa shape index (κ1) is 15.6. The Balaban J connectivity index is 1.67. The van der Waals surface area contributed by atoms with Crippen molar-refractivity contribution in [1.29, 1.82) is 0 Å². The van der Waals surface area contributed by atoms with E-state index in [0.717, 1.165) is 12.2 Å². The standard InChI is InChI=1S/C20H24O2S2/c1-19-14-7-3-4-8-15(14)20(23-10-11-24-20)12-16(19)13-6-2-5-9-17(13)22-18(19)21/h2,5-6,9,14-16H,3-4,7-8,10-12H2,1H3. The van der Waals surface area contributed by atoms with Crippen molar-refractivity contribution in [2.45, 2.75) is 49.0 Å². The van der Waals surface area contributed by atoms with Crippen molar-refractivity contribution in [3.05, 3.63) is 29.8 Å². The van der Waals surface area contributed by atoms with E-state index in [4.69, 9.17) is 4.74 Å². The van der Waals surface area contributed by atoms with Crippen LogP contribution in [0.15, 0.2) is 24.3 Å². The predicted octanol–water partition coefficient (Wildman–Crippen LogP) is 5.08. The van der Waals surface area contributed by atoms with Gasteiger partial charge in [0.1, 0.15) is 5.75 Å². The van der Waals surface area contributed by atoms with Gasteiger partial charge in [-0.15, -0.1) is 23.5 Å². The molecule has 5 rings (SSSR count). The highest BCUT2D eigenvalue weighted by Crippen LogP contribution is 2.70. The van der Waals surface area contributed by atoms with E-state index in [-0.39, 0.29) is 11.4 Å². The number of ether oxygens (including phenoxy) is 1. The zero-order valence-electron chi connectivity index (χ0n) is 14.1. The van der Waals surface area contributed by atoms with Crippen LogP contribution in [0, 0.1) is 17.3 Å². The van der Waals surface area contributed by atoms with Crippen LogP contribution < -0.4 is 4.74 Å². The van der Waals surface area contributed by atoms with E-state index in [2.05, 4.69) is 42.6 Å². The van der Waals surface area contributed by atoms with Crippen molar-refractivity contribution in [3.8, 4) is 5.75 Å². The van der Waals surface area contributed by atoms with Crippen LogP contribution in [0.5, 0.6) is 5.75 Å². The number of benzene rings is 1. The predicted molar refractivity (Wildman–Crippen MR) is 101 cm³/mol. The van der Waals surface area contributed by atoms with Gasteiger partial charge in [-0.2, -0.15) is 0 Å². The lowest BCUT2D eigenvalue weighted by Gasteiger charge is -2.59. The summed E-state index contributed by atoms with van der Waals surface area (Å²) in [5, 5.41) is 0. The van der Waals surface area contributed by atoms with E-state index in [9.17, 15) is 4.79 Å². The third-order valence-corrected chi connectivity index (χ3v) is 10.7. The summed E-state index contributed by atoms with van der Waals surface area (Å²) in [7, 11) is 0. The smallest absolute Gasteiger partial charge is 0.318 e. The van der Waals surface area contributed by atoms with Gasteiger partial charge in [0.05, 0.1) is 9.49 Å². The van der Waals surface area contributed by atoms with Crippen molar-refractivity contribution in [2.24, 2.45) is 17.3 Å². The SMILES string of the molecule is CC12C(=O)Oc3ccccc3C1CC1(SCCS1)C1CCCCC12. The molecule has 24 heavy (non-hydrogen) atoms. The summed E-state index contributed by atoms with van der Waals surface area (Å²) in [5.41, 5.74) is 0.935. The van der Waals surface area contributed by atoms with Gasteiger partial charge >= 0.3 is 5.97 Å². The minimum Gasteiger partial charge on any atom is -0.426 e. The van der Waals surface area contributed by atoms with Gasteiger partial charge in [-0.1, -0.05) is 31.0 Å². The molecule has 4 aliphatic rings. The highest BCUT2D eigenvalue weighted by Gasteiger charge is 2.65. The first-order valence-corrected chi connectivity index (χ1v) is 11.2. The molecule has 4 heteroatoms. The van der Waals surface area contributed by atoms with Crippen molar-refractivity contribution in [3.63, 3.8) is 0 Å². The lowest BCUT2D eigenvalue weighted by Crippen LogP contribution is -2.58. The van der Waals surface area contributed by atoms with Crippen LogP contribution >= 0.6 is 23.5 Å². The number of thioether (sulfide) groups is 2. The van der Waals surface area contributed by atoms with Crippen molar-refractivity contribution in [1.82, 2.24) is 0 Å². The number of hydrogen-bond acceptors (Lipinski definition) is 4. The zero-order chi connectivity index (χ0) is 16.4. The number of carbonyl (C=O) groups is 1. The van der Waals surface area contributed by atoms with Crippen LogP contribution in [-0.4, -0.2) is 21.6 Å². The molecule has 2 saturated carbocycles. The van der Waals surface area contributed by atoms with E-state index < -0.39 is 0 Å². The second kappa shape index (κ2) is 5.44.